The van der Waals surface area contributed by atoms with E-state index in [9.17, 15) is 0 Å². The van der Waals surface area contributed by atoms with E-state index in [2.05, 4.69) is 77.4 Å². The van der Waals surface area contributed by atoms with Gasteiger partial charge in [-0.3, -0.25) is 4.90 Å². The molecule has 2 aromatic rings. The number of piperidine rings is 1. The predicted molar refractivity (Wildman–Crippen MR) is 108 cm³/mol. The van der Waals surface area contributed by atoms with Crippen LogP contribution in [0, 0.1) is 0 Å². The van der Waals surface area contributed by atoms with Gasteiger partial charge in [0.05, 0.1) is 11.7 Å². The zero-order valence-electron chi connectivity index (χ0n) is 16.4. The predicted octanol–water partition coefficient (Wildman–Crippen LogP) is 4.67. The fourth-order valence-corrected chi connectivity index (χ4v) is 4.87. The summed E-state index contributed by atoms with van der Waals surface area (Å²) in [5, 5.41) is 8.91. The van der Waals surface area contributed by atoms with E-state index in [0.717, 1.165) is 12.2 Å². The van der Waals surface area contributed by atoms with Crippen LogP contribution in [-0.4, -0.2) is 38.2 Å². The molecular weight excluding hydrogens is 340 g/mol. The largest absolute Gasteiger partial charge is 0.293 e. The summed E-state index contributed by atoms with van der Waals surface area (Å²) in [6.07, 6.45) is 9.37. The summed E-state index contributed by atoms with van der Waals surface area (Å²) in [7, 11) is 0. The van der Waals surface area contributed by atoms with Gasteiger partial charge < -0.3 is 0 Å². The van der Waals surface area contributed by atoms with Crippen LogP contribution in [0.3, 0.4) is 0 Å². The Bertz CT molecular complexity index is 732. The third kappa shape index (κ3) is 3.56. The van der Waals surface area contributed by atoms with Gasteiger partial charge in [0.15, 0.2) is 0 Å². The number of hydrogen-bond acceptors (Lipinski definition) is 4. The van der Waals surface area contributed by atoms with Crippen LogP contribution in [0.2, 0.25) is 0 Å². The molecule has 26 heavy (non-hydrogen) atoms. The summed E-state index contributed by atoms with van der Waals surface area (Å²) < 4.78 is 2.15. The minimum atomic E-state index is 0.0703. The zero-order chi connectivity index (χ0) is 18.3. The van der Waals surface area contributed by atoms with E-state index >= 15 is 0 Å². The van der Waals surface area contributed by atoms with E-state index in [1.54, 1.807) is 0 Å². The van der Waals surface area contributed by atoms with E-state index in [1.165, 1.54) is 36.1 Å². The van der Waals surface area contributed by atoms with Crippen LogP contribution in [0.25, 0.3) is 0 Å². The van der Waals surface area contributed by atoms with Crippen molar-refractivity contribution in [3.8, 4) is 0 Å². The van der Waals surface area contributed by atoms with Crippen molar-refractivity contribution >= 4 is 11.8 Å². The number of nitrogens with zero attached hydrogens (tertiary/aromatic N) is 4. The van der Waals surface area contributed by atoms with Crippen molar-refractivity contribution in [3.63, 3.8) is 0 Å². The minimum Gasteiger partial charge on any atom is -0.293 e. The fourth-order valence-electron chi connectivity index (χ4n) is 4.46. The van der Waals surface area contributed by atoms with E-state index in [-0.39, 0.29) is 5.41 Å². The number of aromatic nitrogens is 3. The highest BCUT2D eigenvalue weighted by molar-refractivity contribution is 7.98. The molecule has 1 aromatic carbocycles. The van der Waals surface area contributed by atoms with Gasteiger partial charge in [0.25, 0.3) is 0 Å². The first kappa shape index (κ1) is 18.1. The molecular formula is C21H30N4S. The zero-order valence-corrected chi connectivity index (χ0v) is 17.2. The van der Waals surface area contributed by atoms with Crippen LogP contribution in [0.4, 0.5) is 0 Å². The minimum absolute atomic E-state index is 0.0703. The monoisotopic (exact) mass is 370 g/mol. The number of hydrogen-bond donors (Lipinski definition) is 0. The van der Waals surface area contributed by atoms with Gasteiger partial charge in [0.2, 0.25) is 0 Å². The molecule has 5 heteroatoms. The molecule has 0 saturated carbocycles. The molecule has 2 aliphatic heterocycles. The lowest BCUT2D eigenvalue weighted by Crippen LogP contribution is -2.42. The van der Waals surface area contributed by atoms with E-state index in [4.69, 9.17) is 0 Å². The fraction of sp³-hybridized carbons (Fsp3) is 0.619. The molecule has 4 rings (SSSR count). The molecule has 2 unspecified atom stereocenters. The quantitative estimate of drug-likeness (QED) is 0.733. The van der Waals surface area contributed by atoms with Crippen molar-refractivity contribution in [1.82, 2.24) is 19.9 Å². The molecule has 0 N–H and O–H groups in total. The molecule has 2 saturated heterocycles. The van der Waals surface area contributed by atoms with Crippen molar-refractivity contribution in [3.05, 3.63) is 41.7 Å². The van der Waals surface area contributed by atoms with Crippen molar-refractivity contribution < 1.29 is 0 Å². The molecule has 2 bridgehead atoms. The first-order chi connectivity index (χ1) is 12.4. The van der Waals surface area contributed by atoms with Gasteiger partial charge in [-0.1, -0.05) is 38.1 Å². The van der Waals surface area contributed by atoms with Crippen LogP contribution in [0.5, 0.6) is 0 Å². The third-order valence-corrected chi connectivity index (χ3v) is 6.78. The maximum atomic E-state index is 4.48. The van der Waals surface area contributed by atoms with Crippen molar-refractivity contribution in [2.75, 3.05) is 6.26 Å². The summed E-state index contributed by atoms with van der Waals surface area (Å²) in [6.45, 7) is 7.70. The van der Waals surface area contributed by atoms with Gasteiger partial charge in [-0.25, -0.2) is 4.68 Å². The van der Waals surface area contributed by atoms with E-state index < -0.39 is 0 Å². The number of benzene rings is 1. The van der Waals surface area contributed by atoms with Crippen LogP contribution in [0.15, 0.2) is 35.4 Å². The van der Waals surface area contributed by atoms with Gasteiger partial charge in [-0.2, -0.15) is 0 Å². The maximum Gasteiger partial charge on any atom is 0.0880 e. The first-order valence-electron chi connectivity index (χ1n) is 9.75. The Morgan fingerprint density at radius 2 is 1.69 bits per heavy atom. The summed E-state index contributed by atoms with van der Waals surface area (Å²) in [5.41, 5.74) is 2.61. The lowest BCUT2D eigenvalue weighted by molar-refractivity contribution is 0.0944. The normalized spacial score (nSPS) is 26.4. The average molecular weight is 371 g/mol. The summed E-state index contributed by atoms with van der Waals surface area (Å²) in [5.74, 6) is 0. The second-order valence-corrected chi connectivity index (χ2v) is 9.74. The topological polar surface area (TPSA) is 34.0 Å². The molecule has 2 fully saturated rings. The lowest BCUT2D eigenvalue weighted by Gasteiger charge is -2.38. The van der Waals surface area contributed by atoms with E-state index in [0.29, 0.717) is 18.1 Å². The van der Waals surface area contributed by atoms with Crippen molar-refractivity contribution in [2.24, 2.45) is 0 Å². The Morgan fingerprint density at radius 3 is 2.23 bits per heavy atom. The Kier molecular flexibility index (Phi) is 4.86. The van der Waals surface area contributed by atoms with Gasteiger partial charge in [0.1, 0.15) is 0 Å². The number of rotatable bonds is 4. The van der Waals surface area contributed by atoms with Crippen molar-refractivity contribution in [2.45, 2.75) is 81.4 Å². The lowest BCUT2D eigenvalue weighted by atomic mass is 9.93. The van der Waals surface area contributed by atoms with Gasteiger partial charge >= 0.3 is 0 Å². The molecule has 4 nitrogen and oxygen atoms in total. The third-order valence-electron chi connectivity index (χ3n) is 6.04. The highest BCUT2D eigenvalue weighted by Gasteiger charge is 2.41. The number of thioether (sulfide) groups is 1. The molecule has 1 aromatic heterocycles. The second-order valence-electron chi connectivity index (χ2n) is 8.86. The SMILES string of the molecule is CSc1ccc(CN2C3CCC2CC(n2cc(C(C)(C)C)nn2)C3)cc1. The Morgan fingerprint density at radius 1 is 1.04 bits per heavy atom. The molecule has 2 aliphatic rings. The Balaban J connectivity index is 1.44. The van der Waals surface area contributed by atoms with Crippen LogP contribution in [-0.2, 0) is 12.0 Å². The van der Waals surface area contributed by atoms with Crippen LogP contribution < -0.4 is 0 Å². The molecule has 3 heterocycles. The number of fused-ring (bicyclic) bond motifs is 2. The molecule has 2 atom stereocenters. The highest BCUT2D eigenvalue weighted by Crippen LogP contribution is 2.41. The Hall–Kier alpha value is -1.33. The van der Waals surface area contributed by atoms with Crippen LogP contribution in [0.1, 0.15) is 63.8 Å². The smallest absolute Gasteiger partial charge is 0.0880 e. The molecule has 0 spiro atoms. The Labute approximate surface area is 161 Å². The molecule has 140 valence electrons. The first-order valence-corrected chi connectivity index (χ1v) is 11.0. The van der Waals surface area contributed by atoms with Crippen LogP contribution >= 0.6 is 11.8 Å². The highest BCUT2D eigenvalue weighted by atomic mass is 32.2. The molecule has 0 aliphatic carbocycles. The van der Waals surface area contributed by atoms with Gasteiger partial charge in [-0.15, -0.1) is 16.9 Å². The molecule has 0 amide bonds. The summed E-state index contributed by atoms with van der Waals surface area (Å²) >= 11 is 1.81. The van der Waals surface area contributed by atoms with Crippen molar-refractivity contribution in [1.29, 1.82) is 0 Å². The second kappa shape index (κ2) is 7.01. The molecule has 0 radical (unpaired) electrons. The summed E-state index contributed by atoms with van der Waals surface area (Å²) in [6, 6.07) is 11.0. The van der Waals surface area contributed by atoms with Gasteiger partial charge in [-0.05, 0) is 49.6 Å². The average Bonchev–Trinajstić information content (AvgIpc) is 3.19. The van der Waals surface area contributed by atoms with Gasteiger partial charge in [0, 0.05) is 35.1 Å². The maximum absolute atomic E-state index is 4.48. The summed E-state index contributed by atoms with van der Waals surface area (Å²) in [4.78, 5) is 4.09. The standard InChI is InChI=1S/C21H30N4S/c1-21(2,3)20-14-25(23-22-20)18-11-16-7-8-17(12-18)24(16)13-15-5-9-19(26-4)10-6-15/h5-6,9-10,14,16-18H,7-8,11-13H2,1-4H3. The van der Waals surface area contributed by atoms with E-state index in [1.807, 2.05) is 11.8 Å².